The van der Waals surface area contributed by atoms with E-state index in [9.17, 15) is 33.6 Å². The van der Waals surface area contributed by atoms with Crippen molar-refractivity contribution < 1.29 is 66.7 Å². The van der Waals surface area contributed by atoms with Crippen LogP contribution in [0.25, 0.3) is 0 Å². The predicted molar refractivity (Wildman–Crippen MR) is 296 cm³/mol. The van der Waals surface area contributed by atoms with Gasteiger partial charge in [-0.25, -0.2) is 4.79 Å². The van der Waals surface area contributed by atoms with Crippen molar-refractivity contribution in [2.45, 2.75) is 266 Å². The maximum absolute atomic E-state index is 13.8. The van der Waals surface area contributed by atoms with E-state index in [0.29, 0.717) is 32.2 Å². The Labute approximate surface area is 460 Å². The summed E-state index contributed by atoms with van der Waals surface area (Å²) in [6.45, 7) is 14.5. The SMILES string of the molecule is CCCCCCCCC(=O)OCC(COC(=O)CCCCCCCC)CC(=O)OC[C@@H]1C[C@@H](OC(=O)CC(COC(=O)CCCCCCCC)COC(=O)CCCCCCCC)CN1C(=O)OCCN(CCC)CCC. The number of hydrogen-bond acceptors (Lipinski definition) is 15. The van der Waals surface area contributed by atoms with E-state index in [2.05, 4.69) is 46.4 Å². The van der Waals surface area contributed by atoms with Crippen molar-refractivity contribution >= 4 is 41.9 Å². The monoisotopic (exact) mass is 1080 g/mol. The molecule has 0 unspecified atom stereocenters. The first-order chi connectivity index (χ1) is 36.9. The first kappa shape index (κ1) is 70.1. The molecule has 0 saturated carbocycles. The van der Waals surface area contributed by atoms with Crippen LogP contribution in [0.15, 0.2) is 0 Å². The van der Waals surface area contributed by atoms with Gasteiger partial charge >= 0.3 is 41.9 Å². The molecule has 0 N–H and O–H groups in total. The summed E-state index contributed by atoms with van der Waals surface area (Å²) in [6, 6.07) is -0.706. The Morgan fingerprint density at radius 2 is 0.763 bits per heavy atom. The van der Waals surface area contributed by atoms with E-state index in [4.69, 9.17) is 33.2 Å². The fourth-order valence-electron chi connectivity index (χ4n) is 9.27. The highest BCUT2D eigenvalue weighted by Crippen LogP contribution is 2.24. The lowest BCUT2D eigenvalue weighted by Gasteiger charge is -2.25. The van der Waals surface area contributed by atoms with Gasteiger partial charge < -0.3 is 33.2 Å². The Morgan fingerprint density at radius 1 is 0.408 bits per heavy atom. The number of hydrogen-bond donors (Lipinski definition) is 0. The van der Waals surface area contributed by atoms with E-state index >= 15 is 0 Å². The van der Waals surface area contributed by atoms with E-state index in [1.54, 1.807) is 0 Å². The van der Waals surface area contributed by atoms with Crippen molar-refractivity contribution in [3.8, 4) is 0 Å². The largest absolute Gasteiger partial charge is 0.465 e. The number of nitrogens with zero attached hydrogens (tertiary/aromatic N) is 2. The van der Waals surface area contributed by atoms with Crippen molar-refractivity contribution in [2.24, 2.45) is 11.8 Å². The van der Waals surface area contributed by atoms with Crippen LogP contribution in [0.4, 0.5) is 4.79 Å². The van der Waals surface area contributed by atoms with Crippen LogP contribution in [0.1, 0.15) is 253 Å². The number of unbranched alkanes of at least 4 members (excludes halogenated alkanes) is 20. The zero-order chi connectivity index (χ0) is 55.9. The van der Waals surface area contributed by atoms with E-state index in [0.717, 1.165) is 154 Å². The Hall–Kier alpha value is -3.95. The molecule has 0 aromatic carbocycles. The van der Waals surface area contributed by atoms with Gasteiger partial charge in [-0.3, -0.25) is 38.6 Å². The molecule has 16 nitrogen and oxygen atoms in total. The van der Waals surface area contributed by atoms with Crippen molar-refractivity contribution in [3.63, 3.8) is 0 Å². The van der Waals surface area contributed by atoms with Crippen molar-refractivity contribution in [2.75, 3.05) is 65.8 Å². The zero-order valence-corrected chi connectivity index (χ0v) is 48.8. The highest BCUT2D eigenvalue weighted by Gasteiger charge is 2.39. The molecule has 16 heteroatoms. The van der Waals surface area contributed by atoms with Crippen LogP contribution in [0.3, 0.4) is 0 Å². The number of carbonyl (C=O) groups is 7. The highest BCUT2D eigenvalue weighted by atomic mass is 16.6. The Bertz CT molecular complexity index is 1460. The molecule has 442 valence electrons. The highest BCUT2D eigenvalue weighted by molar-refractivity contribution is 5.73. The third-order valence-corrected chi connectivity index (χ3v) is 13.8. The number of amides is 1. The molecule has 0 bridgehead atoms. The average Bonchev–Trinajstić information content (AvgIpc) is 3.81. The summed E-state index contributed by atoms with van der Waals surface area (Å²) in [4.78, 5) is 95.6. The average molecular weight is 1080 g/mol. The molecule has 76 heavy (non-hydrogen) atoms. The fourth-order valence-corrected chi connectivity index (χ4v) is 9.27. The molecule has 1 heterocycles. The van der Waals surface area contributed by atoms with E-state index in [1.165, 1.54) is 4.90 Å². The van der Waals surface area contributed by atoms with Gasteiger partial charge in [0.05, 0.1) is 51.9 Å². The molecule has 0 radical (unpaired) electrons. The van der Waals surface area contributed by atoms with E-state index in [-0.39, 0.29) is 115 Å². The summed E-state index contributed by atoms with van der Waals surface area (Å²) >= 11 is 0. The summed E-state index contributed by atoms with van der Waals surface area (Å²) in [6.07, 6.45) is 25.7. The Morgan fingerprint density at radius 3 is 1.13 bits per heavy atom. The first-order valence-electron chi connectivity index (χ1n) is 30.5. The van der Waals surface area contributed by atoms with Gasteiger partial charge in [0.15, 0.2) is 0 Å². The third-order valence-electron chi connectivity index (χ3n) is 13.8. The van der Waals surface area contributed by atoms with Crippen LogP contribution in [-0.4, -0.2) is 130 Å². The molecular formula is C60H108N2O14. The lowest BCUT2D eigenvalue weighted by molar-refractivity contribution is -0.157. The molecule has 0 aliphatic carbocycles. The molecule has 1 aliphatic heterocycles. The minimum Gasteiger partial charge on any atom is -0.465 e. The second-order valence-corrected chi connectivity index (χ2v) is 21.2. The summed E-state index contributed by atoms with van der Waals surface area (Å²) in [5, 5.41) is 0. The molecule has 2 atom stereocenters. The van der Waals surface area contributed by atoms with Crippen molar-refractivity contribution in [1.29, 1.82) is 0 Å². The topological polar surface area (TPSA) is 191 Å². The molecule has 1 saturated heterocycles. The second-order valence-electron chi connectivity index (χ2n) is 21.2. The van der Waals surface area contributed by atoms with Gasteiger partial charge in [-0.15, -0.1) is 0 Å². The lowest BCUT2D eigenvalue weighted by atomic mass is 10.1. The van der Waals surface area contributed by atoms with Crippen molar-refractivity contribution in [3.05, 3.63) is 0 Å². The summed E-state index contributed by atoms with van der Waals surface area (Å²) in [7, 11) is 0. The maximum Gasteiger partial charge on any atom is 0.410 e. The second kappa shape index (κ2) is 48.2. The van der Waals surface area contributed by atoms with Gasteiger partial charge in [-0.2, -0.15) is 0 Å². The molecule has 1 rings (SSSR count). The number of carbonyl (C=O) groups excluding carboxylic acids is 7. The zero-order valence-electron chi connectivity index (χ0n) is 48.8. The van der Waals surface area contributed by atoms with Gasteiger partial charge in [0.25, 0.3) is 0 Å². The minimum atomic E-state index is -0.781. The molecule has 1 amide bonds. The van der Waals surface area contributed by atoms with Gasteiger partial charge in [0, 0.05) is 50.5 Å². The first-order valence-corrected chi connectivity index (χ1v) is 30.5. The molecular weight excluding hydrogens is 973 g/mol. The number of ether oxygens (including phenoxy) is 7. The summed E-state index contributed by atoms with van der Waals surface area (Å²) in [5.74, 6) is -4.05. The van der Waals surface area contributed by atoms with Crippen molar-refractivity contribution in [1.82, 2.24) is 9.80 Å². The predicted octanol–water partition coefficient (Wildman–Crippen LogP) is 13.0. The standard InChI is InChI=1S/C60H108N2O14/c1-7-13-17-21-25-29-33-54(63)71-45-50(46-72-55(64)34-30-26-22-18-14-8-2)41-58(67)75-49-52-43-53(44-62(52)60(69)70-40-39-61(37-11-5)38-12-6)76-59(68)42-51(47-73-56(65)35-31-27-23-19-15-9-3)48-74-57(66)36-32-28-24-20-16-10-4/h50-53H,7-49H2,1-6H3/t52-,53+/m0/s1. The van der Waals surface area contributed by atoms with Crippen LogP contribution in [-0.2, 0) is 61.9 Å². The van der Waals surface area contributed by atoms with Gasteiger partial charge in [0.1, 0.15) is 19.3 Å². The minimum absolute atomic E-state index is 0.0166. The van der Waals surface area contributed by atoms with Gasteiger partial charge in [-0.1, -0.05) is 170 Å². The fraction of sp³-hybridized carbons (Fsp3) is 0.883. The maximum atomic E-state index is 13.8. The summed E-state index contributed by atoms with van der Waals surface area (Å²) < 4.78 is 39.9. The van der Waals surface area contributed by atoms with Crippen LogP contribution >= 0.6 is 0 Å². The van der Waals surface area contributed by atoms with Gasteiger partial charge in [0.2, 0.25) is 0 Å². The number of esters is 6. The number of rotatable bonds is 50. The molecule has 0 spiro atoms. The smallest absolute Gasteiger partial charge is 0.410 e. The molecule has 1 fully saturated rings. The van der Waals surface area contributed by atoms with E-state index in [1.807, 2.05) is 0 Å². The Balaban J connectivity index is 3.12. The van der Waals surface area contributed by atoms with Crippen LogP contribution in [0.2, 0.25) is 0 Å². The normalized spacial score (nSPS) is 14.3. The molecule has 0 aromatic rings. The van der Waals surface area contributed by atoms with Crippen LogP contribution in [0.5, 0.6) is 0 Å². The lowest BCUT2D eigenvalue weighted by Crippen LogP contribution is -2.41. The van der Waals surface area contributed by atoms with E-state index < -0.39 is 42.0 Å². The Kier molecular flexibility index (Phi) is 44.4. The third kappa shape index (κ3) is 38.6. The molecule has 1 aliphatic rings. The van der Waals surface area contributed by atoms with Gasteiger partial charge in [-0.05, 0) is 51.6 Å². The summed E-state index contributed by atoms with van der Waals surface area (Å²) in [5.41, 5.74) is 0. The molecule has 0 aromatic heterocycles. The van der Waals surface area contributed by atoms with Crippen LogP contribution < -0.4 is 0 Å². The quantitative estimate of drug-likeness (QED) is 0.0317. The van der Waals surface area contributed by atoms with Crippen LogP contribution in [0, 0.1) is 11.8 Å². The number of likely N-dealkylation sites (tertiary alicyclic amines) is 1.